The van der Waals surface area contributed by atoms with E-state index in [0.29, 0.717) is 13.1 Å². The summed E-state index contributed by atoms with van der Waals surface area (Å²) in [6.07, 6.45) is -0.327. The third kappa shape index (κ3) is 2.53. The number of fused-ring (bicyclic) bond motifs is 1. The van der Waals surface area contributed by atoms with Crippen molar-refractivity contribution in [1.82, 2.24) is 14.5 Å². The van der Waals surface area contributed by atoms with Crippen molar-refractivity contribution in [3.8, 4) is 0 Å². The van der Waals surface area contributed by atoms with Crippen LogP contribution in [0, 0.1) is 0 Å². The lowest BCUT2D eigenvalue weighted by Gasteiger charge is -2.40. The van der Waals surface area contributed by atoms with Gasteiger partial charge in [0.25, 0.3) is 0 Å². The Kier molecular flexibility index (Phi) is 3.04. The molecule has 2 aromatic rings. The van der Waals surface area contributed by atoms with E-state index in [-0.39, 0.29) is 19.3 Å². The first-order valence-electron chi connectivity index (χ1n) is 7.02. The number of hydrogen-bond acceptors (Lipinski definition) is 3. The molecule has 1 aliphatic heterocycles. The molecule has 0 spiro atoms. The molecule has 1 aromatic carbocycles. The zero-order valence-electron chi connectivity index (χ0n) is 12.4. The number of rotatable bonds is 1. The highest BCUT2D eigenvalue weighted by Gasteiger charge is 2.36. The Bertz CT molecular complexity index is 738. The topological polar surface area (TPSA) is 67.3 Å². The summed E-state index contributed by atoms with van der Waals surface area (Å²) in [6, 6.07) is 7.56. The van der Waals surface area contributed by atoms with Crippen LogP contribution in [0.15, 0.2) is 29.1 Å². The van der Waals surface area contributed by atoms with E-state index >= 15 is 0 Å². The van der Waals surface area contributed by atoms with E-state index in [0.717, 1.165) is 11.0 Å². The molecule has 2 heterocycles. The number of H-pyrrole nitrogens is 1. The molecule has 0 unspecified atom stereocenters. The van der Waals surface area contributed by atoms with Gasteiger partial charge in [-0.2, -0.15) is 0 Å². The highest BCUT2D eigenvalue weighted by Crippen LogP contribution is 2.25. The summed E-state index contributed by atoms with van der Waals surface area (Å²) in [7, 11) is 0. The first-order valence-corrected chi connectivity index (χ1v) is 7.02. The maximum absolute atomic E-state index is 12.1. The van der Waals surface area contributed by atoms with Gasteiger partial charge in [0.15, 0.2) is 0 Å². The van der Waals surface area contributed by atoms with Gasteiger partial charge in [0.2, 0.25) is 0 Å². The maximum atomic E-state index is 12.1. The van der Waals surface area contributed by atoms with Gasteiger partial charge < -0.3 is 14.6 Å². The molecule has 1 aliphatic rings. The quantitative estimate of drug-likeness (QED) is 0.877. The van der Waals surface area contributed by atoms with Gasteiger partial charge in [0.05, 0.1) is 17.1 Å². The number of aromatic nitrogens is 2. The predicted molar refractivity (Wildman–Crippen MR) is 81.5 cm³/mol. The van der Waals surface area contributed by atoms with Gasteiger partial charge in [-0.05, 0) is 32.9 Å². The minimum Gasteiger partial charge on any atom is -0.444 e. The number of nitrogens with zero attached hydrogens (tertiary/aromatic N) is 2. The summed E-state index contributed by atoms with van der Waals surface area (Å²) < 4.78 is 7.04. The SMILES string of the molecule is CC(C)(C)OC(=O)N1CC(n2c(=O)[nH]c3ccccc32)C1.[HH]. The van der Waals surface area contributed by atoms with Crippen molar-refractivity contribution >= 4 is 17.1 Å². The number of amides is 1. The second-order valence-electron chi connectivity index (χ2n) is 6.36. The van der Waals surface area contributed by atoms with Crippen LogP contribution in [0.25, 0.3) is 11.0 Å². The van der Waals surface area contributed by atoms with Crippen LogP contribution in [0.4, 0.5) is 4.79 Å². The lowest BCUT2D eigenvalue weighted by molar-refractivity contribution is 0.00116. The number of imidazole rings is 1. The van der Waals surface area contributed by atoms with Crippen LogP contribution in [0.5, 0.6) is 0 Å². The molecule has 21 heavy (non-hydrogen) atoms. The molecule has 6 nitrogen and oxygen atoms in total. The van der Waals surface area contributed by atoms with Gasteiger partial charge in [-0.3, -0.25) is 4.57 Å². The van der Waals surface area contributed by atoms with E-state index < -0.39 is 5.60 Å². The minimum atomic E-state index is -0.500. The summed E-state index contributed by atoms with van der Waals surface area (Å²) >= 11 is 0. The molecule has 1 N–H and O–H groups in total. The average molecular weight is 291 g/mol. The molecule has 114 valence electrons. The van der Waals surface area contributed by atoms with Crippen LogP contribution in [-0.2, 0) is 4.74 Å². The Labute approximate surface area is 123 Å². The van der Waals surface area contributed by atoms with E-state index in [4.69, 9.17) is 4.74 Å². The molecular formula is C15H21N3O3. The van der Waals surface area contributed by atoms with E-state index in [1.54, 1.807) is 9.47 Å². The number of hydrogen-bond donors (Lipinski definition) is 1. The van der Waals surface area contributed by atoms with Crippen molar-refractivity contribution in [3.63, 3.8) is 0 Å². The Morgan fingerprint density at radius 3 is 2.67 bits per heavy atom. The fourth-order valence-corrected chi connectivity index (χ4v) is 2.53. The minimum absolute atomic E-state index is 0. The number of nitrogens with one attached hydrogen (secondary N) is 1. The zero-order chi connectivity index (χ0) is 15.2. The fraction of sp³-hybridized carbons (Fsp3) is 0.467. The zero-order valence-corrected chi connectivity index (χ0v) is 12.4. The lowest BCUT2D eigenvalue weighted by Crippen LogP contribution is -2.53. The summed E-state index contributed by atoms with van der Waals surface area (Å²) in [5, 5.41) is 0. The normalized spacial score (nSPS) is 16.0. The molecule has 0 atom stereocenters. The largest absolute Gasteiger partial charge is 0.444 e. The third-order valence-corrected chi connectivity index (χ3v) is 3.50. The van der Waals surface area contributed by atoms with Crippen molar-refractivity contribution in [2.24, 2.45) is 0 Å². The van der Waals surface area contributed by atoms with E-state index in [9.17, 15) is 9.59 Å². The third-order valence-electron chi connectivity index (χ3n) is 3.50. The molecule has 1 fully saturated rings. The highest BCUT2D eigenvalue weighted by molar-refractivity contribution is 5.75. The van der Waals surface area contributed by atoms with Crippen molar-refractivity contribution in [1.29, 1.82) is 0 Å². The molecule has 0 aliphatic carbocycles. The summed E-state index contributed by atoms with van der Waals surface area (Å²) in [6.45, 7) is 6.51. The number of benzene rings is 1. The molecule has 0 radical (unpaired) electrons. The molecular weight excluding hydrogens is 270 g/mol. The molecule has 1 saturated heterocycles. The van der Waals surface area contributed by atoms with Gasteiger partial charge in [-0.15, -0.1) is 0 Å². The smallest absolute Gasteiger partial charge is 0.410 e. The van der Waals surface area contributed by atoms with Crippen molar-refractivity contribution in [3.05, 3.63) is 34.7 Å². The monoisotopic (exact) mass is 291 g/mol. The fourth-order valence-electron chi connectivity index (χ4n) is 2.53. The number of ether oxygens (including phenoxy) is 1. The van der Waals surface area contributed by atoms with Crippen LogP contribution in [0.3, 0.4) is 0 Å². The van der Waals surface area contributed by atoms with Crippen LogP contribution >= 0.6 is 0 Å². The summed E-state index contributed by atoms with van der Waals surface area (Å²) in [5.74, 6) is 0. The Morgan fingerprint density at radius 1 is 1.33 bits per heavy atom. The van der Waals surface area contributed by atoms with Crippen molar-refractivity contribution in [2.75, 3.05) is 13.1 Å². The molecule has 6 heteroatoms. The second kappa shape index (κ2) is 4.65. The molecule has 0 bridgehead atoms. The lowest BCUT2D eigenvalue weighted by atomic mass is 10.1. The van der Waals surface area contributed by atoms with Gasteiger partial charge in [-0.1, -0.05) is 12.1 Å². The highest BCUT2D eigenvalue weighted by atomic mass is 16.6. The van der Waals surface area contributed by atoms with E-state index in [2.05, 4.69) is 4.98 Å². The van der Waals surface area contributed by atoms with Crippen molar-refractivity contribution in [2.45, 2.75) is 32.4 Å². The molecule has 0 saturated carbocycles. The number of carbonyl (C=O) groups excluding carboxylic acids is 1. The Hall–Kier alpha value is -2.24. The van der Waals surface area contributed by atoms with Gasteiger partial charge in [-0.25, -0.2) is 9.59 Å². The van der Waals surface area contributed by atoms with Gasteiger partial charge in [0.1, 0.15) is 5.60 Å². The van der Waals surface area contributed by atoms with Gasteiger partial charge in [0, 0.05) is 14.5 Å². The summed E-state index contributed by atoms with van der Waals surface area (Å²) in [4.78, 5) is 28.4. The van der Waals surface area contributed by atoms with Crippen LogP contribution in [0.2, 0.25) is 0 Å². The number of carbonyl (C=O) groups is 1. The van der Waals surface area contributed by atoms with Crippen LogP contribution in [0.1, 0.15) is 28.2 Å². The maximum Gasteiger partial charge on any atom is 0.410 e. The predicted octanol–water partition coefficient (Wildman–Crippen LogP) is 2.37. The molecule has 1 aromatic heterocycles. The summed E-state index contributed by atoms with van der Waals surface area (Å²) in [5.41, 5.74) is 1.05. The average Bonchev–Trinajstić information content (AvgIpc) is 2.62. The first-order chi connectivity index (χ1) is 9.85. The van der Waals surface area contributed by atoms with E-state index in [1.807, 2.05) is 45.0 Å². The van der Waals surface area contributed by atoms with Gasteiger partial charge >= 0.3 is 11.8 Å². The van der Waals surface area contributed by atoms with Crippen LogP contribution in [-0.4, -0.2) is 39.2 Å². The standard InChI is InChI=1S/C15H19N3O3.H2/c1-15(2,3)21-14(20)17-8-10(9-17)18-12-7-5-4-6-11(12)16-13(18)19;/h4-7,10H,8-9H2,1-3H3,(H,16,19);1H. The van der Waals surface area contributed by atoms with Crippen LogP contribution < -0.4 is 5.69 Å². The number of likely N-dealkylation sites (tertiary alicyclic amines) is 1. The molecule has 1 amide bonds. The van der Waals surface area contributed by atoms with E-state index in [1.165, 1.54) is 0 Å². The molecule has 3 rings (SSSR count). The second-order valence-corrected chi connectivity index (χ2v) is 6.36. The Morgan fingerprint density at radius 2 is 2.00 bits per heavy atom. The Balaban J connectivity index is 0.00000176. The number of para-hydroxylation sites is 2. The first kappa shape index (κ1) is 13.7. The number of aromatic amines is 1. The van der Waals surface area contributed by atoms with Crippen molar-refractivity contribution < 1.29 is 11.0 Å².